The zero-order chi connectivity index (χ0) is 8.89. The van der Waals surface area contributed by atoms with Crippen LogP contribution in [-0.2, 0) is 4.79 Å². The molecular weight excluding hydrogens is 164 g/mol. The quantitative estimate of drug-likeness (QED) is 0.584. The normalized spacial score (nSPS) is 48.5. The van der Waals surface area contributed by atoms with E-state index in [2.05, 4.69) is 10.2 Å². The molecule has 72 valence electrons. The number of nitrogens with zero attached hydrogens (tertiary/aromatic N) is 1. The summed E-state index contributed by atoms with van der Waals surface area (Å²) in [7, 11) is 0. The highest BCUT2D eigenvalue weighted by Gasteiger charge is 2.52. The Labute approximate surface area is 78.5 Å². The van der Waals surface area contributed by atoms with E-state index in [1.165, 1.54) is 12.8 Å². The van der Waals surface area contributed by atoms with Crippen molar-refractivity contribution < 1.29 is 4.79 Å². The minimum Gasteiger partial charge on any atom is -0.354 e. The number of hydrogen-bond donors (Lipinski definition) is 1. The van der Waals surface area contributed by atoms with Crippen LogP contribution in [0.3, 0.4) is 0 Å². The predicted octanol–water partition coefficient (Wildman–Crippen LogP) is 0.361. The molecule has 1 amide bonds. The molecule has 0 saturated carbocycles. The summed E-state index contributed by atoms with van der Waals surface area (Å²) in [6, 6.07) is 0. The Morgan fingerprint density at radius 2 is 2.15 bits per heavy atom. The zero-order valence-electron chi connectivity index (χ0n) is 7.88. The highest BCUT2D eigenvalue weighted by atomic mass is 16.2. The van der Waals surface area contributed by atoms with Crippen molar-refractivity contribution in [2.24, 2.45) is 5.92 Å². The molecular formula is C10H16N2O. The third-order valence-corrected chi connectivity index (χ3v) is 4.09. The number of nitrogens with one attached hydrogen (secondary N) is 1. The SMILES string of the molecule is O=C1NCCC12CC1CCN2CC1. The summed E-state index contributed by atoms with van der Waals surface area (Å²) in [5.74, 6) is 1.13. The topological polar surface area (TPSA) is 32.3 Å². The van der Waals surface area contributed by atoms with Gasteiger partial charge in [0.05, 0.1) is 0 Å². The summed E-state index contributed by atoms with van der Waals surface area (Å²) in [5.41, 5.74) is -0.0683. The second-order valence-corrected chi connectivity index (χ2v) is 4.67. The van der Waals surface area contributed by atoms with Crippen LogP contribution >= 0.6 is 0 Å². The van der Waals surface area contributed by atoms with Gasteiger partial charge in [-0.25, -0.2) is 0 Å². The predicted molar refractivity (Wildman–Crippen MR) is 49.3 cm³/mol. The van der Waals surface area contributed by atoms with E-state index in [0.717, 1.165) is 38.4 Å². The van der Waals surface area contributed by atoms with Gasteiger partial charge in [0.25, 0.3) is 0 Å². The largest absolute Gasteiger partial charge is 0.354 e. The van der Waals surface area contributed by atoms with Gasteiger partial charge in [-0.1, -0.05) is 0 Å². The highest BCUT2D eigenvalue weighted by Crippen LogP contribution is 2.42. The zero-order valence-corrected chi connectivity index (χ0v) is 7.88. The van der Waals surface area contributed by atoms with Crippen molar-refractivity contribution in [1.29, 1.82) is 0 Å². The van der Waals surface area contributed by atoms with Crippen molar-refractivity contribution in [2.75, 3.05) is 19.6 Å². The third-order valence-electron chi connectivity index (χ3n) is 4.09. The van der Waals surface area contributed by atoms with Crippen LogP contribution in [0.15, 0.2) is 0 Å². The molecule has 4 fully saturated rings. The first-order valence-corrected chi connectivity index (χ1v) is 5.35. The second-order valence-electron chi connectivity index (χ2n) is 4.67. The van der Waals surface area contributed by atoms with E-state index in [4.69, 9.17) is 0 Å². The van der Waals surface area contributed by atoms with Gasteiger partial charge in [-0.05, 0) is 44.7 Å². The molecule has 1 atom stereocenters. The van der Waals surface area contributed by atoms with Gasteiger partial charge >= 0.3 is 0 Å². The van der Waals surface area contributed by atoms with Gasteiger partial charge in [-0.3, -0.25) is 9.69 Å². The average Bonchev–Trinajstić information content (AvgIpc) is 2.50. The number of rotatable bonds is 0. The van der Waals surface area contributed by atoms with Gasteiger partial charge in [0.15, 0.2) is 0 Å². The third kappa shape index (κ3) is 0.909. The molecule has 4 aliphatic heterocycles. The van der Waals surface area contributed by atoms with Crippen molar-refractivity contribution in [3.63, 3.8) is 0 Å². The molecule has 4 aliphatic rings. The highest BCUT2D eigenvalue weighted by molar-refractivity contribution is 5.88. The van der Waals surface area contributed by atoms with E-state index < -0.39 is 0 Å². The minimum absolute atomic E-state index is 0.0683. The van der Waals surface area contributed by atoms with Crippen LogP contribution in [-0.4, -0.2) is 36.0 Å². The minimum atomic E-state index is -0.0683. The Hall–Kier alpha value is -0.570. The number of amides is 1. The number of piperidine rings is 3. The van der Waals surface area contributed by atoms with Gasteiger partial charge in [0.1, 0.15) is 5.54 Å². The first kappa shape index (κ1) is 7.80. The van der Waals surface area contributed by atoms with E-state index in [1.54, 1.807) is 0 Å². The monoisotopic (exact) mass is 180 g/mol. The molecule has 2 bridgehead atoms. The van der Waals surface area contributed by atoms with Crippen LogP contribution in [0.5, 0.6) is 0 Å². The Bertz CT molecular complexity index is 245. The first-order chi connectivity index (χ1) is 6.31. The van der Waals surface area contributed by atoms with Crippen molar-refractivity contribution in [1.82, 2.24) is 10.2 Å². The number of carbonyl (C=O) groups is 1. The first-order valence-electron chi connectivity index (χ1n) is 5.35. The number of carbonyl (C=O) groups excluding carboxylic acids is 1. The Morgan fingerprint density at radius 1 is 1.38 bits per heavy atom. The molecule has 0 aromatic rings. The molecule has 0 aromatic carbocycles. The van der Waals surface area contributed by atoms with Gasteiger partial charge in [0, 0.05) is 6.54 Å². The van der Waals surface area contributed by atoms with E-state index in [-0.39, 0.29) is 5.54 Å². The molecule has 3 heteroatoms. The summed E-state index contributed by atoms with van der Waals surface area (Å²) in [6.07, 6.45) is 4.80. The molecule has 4 rings (SSSR count). The number of fused-ring (bicyclic) bond motifs is 2. The van der Waals surface area contributed by atoms with E-state index in [0.29, 0.717) is 5.91 Å². The lowest BCUT2D eigenvalue weighted by atomic mass is 9.73. The van der Waals surface area contributed by atoms with Crippen LogP contribution in [0.4, 0.5) is 0 Å². The Balaban J connectivity index is 1.94. The van der Waals surface area contributed by atoms with E-state index >= 15 is 0 Å². The lowest BCUT2D eigenvalue weighted by Gasteiger charge is -2.50. The average molecular weight is 180 g/mol. The molecule has 0 radical (unpaired) electrons. The van der Waals surface area contributed by atoms with E-state index in [9.17, 15) is 4.79 Å². The number of hydrogen-bond acceptors (Lipinski definition) is 2. The lowest BCUT2D eigenvalue weighted by Crippen LogP contribution is -2.61. The van der Waals surface area contributed by atoms with Crippen molar-refractivity contribution >= 4 is 5.91 Å². The fourth-order valence-corrected chi connectivity index (χ4v) is 3.33. The summed E-state index contributed by atoms with van der Waals surface area (Å²) >= 11 is 0. The van der Waals surface area contributed by atoms with Crippen molar-refractivity contribution in [3.05, 3.63) is 0 Å². The molecule has 13 heavy (non-hydrogen) atoms. The second kappa shape index (κ2) is 2.47. The Kier molecular flexibility index (Phi) is 1.48. The molecule has 4 saturated heterocycles. The smallest absolute Gasteiger partial charge is 0.240 e. The maximum Gasteiger partial charge on any atom is 0.240 e. The molecule has 0 aromatic heterocycles. The summed E-state index contributed by atoms with van der Waals surface area (Å²) in [6.45, 7) is 3.19. The van der Waals surface area contributed by atoms with Crippen LogP contribution in [0.25, 0.3) is 0 Å². The van der Waals surface area contributed by atoms with Crippen LogP contribution < -0.4 is 5.32 Å². The maximum atomic E-state index is 11.8. The molecule has 0 aliphatic carbocycles. The van der Waals surface area contributed by atoms with Gasteiger partial charge in [0.2, 0.25) is 5.91 Å². The van der Waals surface area contributed by atoms with E-state index in [1.807, 2.05) is 0 Å². The molecule has 1 unspecified atom stereocenters. The van der Waals surface area contributed by atoms with Gasteiger partial charge in [-0.2, -0.15) is 0 Å². The molecule has 4 heterocycles. The van der Waals surface area contributed by atoms with Gasteiger partial charge in [-0.15, -0.1) is 0 Å². The fraction of sp³-hybridized carbons (Fsp3) is 0.900. The maximum absolute atomic E-state index is 11.8. The summed E-state index contributed by atoms with van der Waals surface area (Å²) in [5, 5.41) is 2.98. The van der Waals surface area contributed by atoms with Crippen LogP contribution in [0.2, 0.25) is 0 Å². The van der Waals surface area contributed by atoms with Crippen LogP contribution in [0, 0.1) is 5.92 Å². The summed E-state index contributed by atoms with van der Waals surface area (Å²) in [4.78, 5) is 14.2. The molecule has 3 nitrogen and oxygen atoms in total. The molecule has 1 N–H and O–H groups in total. The van der Waals surface area contributed by atoms with Gasteiger partial charge < -0.3 is 5.32 Å². The standard InChI is InChI=1S/C10H16N2O/c13-9-10(3-4-11-9)7-8-1-5-12(10)6-2-8/h8H,1-7H2,(H,11,13). The lowest BCUT2D eigenvalue weighted by molar-refractivity contribution is -0.137. The Morgan fingerprint density at radius 3 is 2.62 bits per heavy atom. The van der Waals surface area contributed by atoms with Crippen LogP contribution in [0.1, 0.15) is 25.7 Å². The molecule has 1 spiro atoms. The van der Waals surface area contributed by atoms with Crippen molar-refractivity contribution in [2.45, 2.75) is 31.2 Å². The fourth-order valence-electron chi connectivity index (χ4n) is 3.33. The van der Waals surface area contributed by atoms with Crippen molar-refractivity contribution in [3.8, 4) is 0 Å². The summed E-state index contributed by atoms with van der Waals surface area (Å²) < 4.78 is 0.